The topological polar surface area (TPSA) is 96.2 Å². The minimum Gasteiger partial charge on any atom is -0.481 e. The number of carbonyl (C=O) groups is 2. The predicted octanol–water partition coefficient (Wildman–Crippen LogP) is 0.783. The number of nitrogens with zero attached hydrogens (tertiary/aromatic N) is 2. The van der Waals surface area contributed by atoms with Crippen LogP contribution in [-0.4, -0.2) is 33.4 Å². The van der Waals surface area contributed by atoms with E-state index in [1.54, 1.807) is 10.9 Å². The molecule has 110 valence electrons. The first-order valence-electron chi connectivity index (χ1n) is 6.67. The summed E-state index contributed by atoms with van der Waals surface area (Å²) in [5.41, 5.74) is 1.17. The number of urea groups is 1. The average Bonchev–Trinajstić information content (AvgIpc) is 2.66. The van der Waals surface area contributed by atoms with Gasteiger partial charge in [-0.2, -0.15) is 5.10 Å². The van der Waals surface area contributed by atoms with Crippen molar-refractivity contribution in [3.05, 3.63) is 17.5 Å². The fraction of sp³-hybridized carbons (Fsp3) is 0.615. The quantitative estimate of drug-likeness (QED) is 0.742. The number of hydrogen-bond acceptors (Lipinski definition) is 3. The number of aryl methyl sites for hydroxylation is 1. The van der Waals surface area contributed by atoms with Crippen LogP contribution in [0.1, 0.15) is 30.5 Å². The number of nitrogens with one attached hydrogen (secondary N) is 2. The van der Waals surface area contributed by atoms with Crippen LogP contribution < -0.4 is 10.6 Å². The minimum atomic E-state index is -0.827. The molecule has 1 aromatic rings. The molecular weight excluding hydrogens is 260 g/mol. The minimum absolute atomic E-state index is 0.181. The molecular formula is C13H20N4O3. The van der Waals surface area contributed by atoms with Gasteiger partial charge in [0.25, 0.3) is 0 Å². The van der Waals surface area contributed by atoms with Crippen molar-refractivity contribution in [3.63, 3.8) is 0 Å². The molecule has 0 atom stereocenters. The van der Waals surface area contributed by atoms with Gasteiger partial charge in [-0.15, -0.1) is 0 Å². The van der Waals surface area contributed by atoms with Crippen LogP contribution in [0.25, 0.3) is 0 Å². The van der Waals surface area contributed by atoms with Crippen LogP contribution in [0.5, 0.6) is 0 Å². The van der Waals surface area contributed by atoms with Crippen molar-refractivity contribution >= 4 is 12.0 Å². The summed E-state index contributed by atoms with van der Waals surface area (Å²) in [4.78, 5) is 22.9. The van der Waals surface area contributed by atoms with E-state index in [9.17, 15) is 9.59 Å². The number of aromatic nitrogens is 2. The van der Waals surface area contributed by atoms with E-state index in [1.165, 1.54) is 0 Å². The number of hydrogen-bond donors (Lipinski definition) is 3. The van der Waals surface area contributed by atoms with Crippen molar-refractivity contribution in [1.82, 2.24) is 20.4 Å². The Morgan fingerprint density at radius 3 is 2.60 bits per heavy atom. The lowest BCUT2D eigenvalue weighted by molar-refractivity contribution is -0.153. The monoisotopic (exact) mass is 280 g/mol. The fourth-order valence-electron chi connectivity index (χ4n) is 2.27. The molecule has 0 aliphatic heterocycles. The maximum absolute atomic E-state index is 11.7. The molecule has 1 saturated carbocycles. The maximum Gasteiger partial charge on any atom is 0.315 e. The lowest BCUT2D eigenvalue weighted by Gasteiger charge is -2.37. The Bertz CT molecular complexity index is 520. The third-order valence-corrected chi connectivity index (χ3v) is 4.13. The van der Waals surface area contributed by atoms with Gasteiger partial charge in [-0.3, -0.25) is 9.48 Å². The van der Waals surface area contributed by atoms with E-state index >= 15 is 0 Å². The van der Waals surface area contributed by atoms with Gasteiger partial charge in [0.15, 0.2) is 0 Å². The van der Waals surface area contributed by atoms with Gasteiger partial charge >= 0.3 is 12.0 Å². The first-order valence-corrected chi connectivity index (χ1v) is 6.67. The van der Waals surface area contributed by atoms with Crippen molar-refractivity contribution in [2.75, 3.05) is 6.54 Å². The fourth-order valence-corrected chi connectivity index (χ4v) is 2.27. The molecule has 2 amide bonds. The van der Waals surface area contributed by atoms with Gasteiger partial charge in [0.1, 0.15) is 0 Å². The van der Waals surface area contributed by atoms with Gasteiger partial charge in [0.2, 0.25) is 0 Å². The van der Waals surface area contributed by atoms with Gasteiger partial charge in [0, 0.05) is 31.4 Å². The van der Waals surface area contributed by atoms with E-state index in [-0.39, 0.29) is 12.6 Å². The summed E-state index contributed by atoms with van der Waals surface area (Å²) in [5.74, 6) is -0.827. The van der Waals surface area contributed by atoms with Crippen LogP contribution in [0, 0.1) is 12.3 Å². The molecule has 0 aromatic carbocycles. The van der Waals surface area contributed by atoms with Gasteiger partial charge in [-0.1, -0.05) is 6.42 Å². The third-order valence-electron chi connectivity index (χ3n) is 4.13. The van der Waals surface area contributed by atoms with E-state index < -0.39 is 11.4 Å². The lowest BCUT2D eigenvalue weighted by atomic mass is 9.69. The Morgan fingerprint density at radius 1 is 1.45 bits per heavy atom. The molecule has 0 spiro atoms. The second-order valence-corrected chi connectivity index (χ2v) is 5.35. The number of carboxylic acids is 1. The Balaban J connectivity index is 1.79. The molecule has 0 bridgehead atoms. The third kappa shape index (κ3) is 2.76. The zero-order chi connectivity index (χ0) is 14.8. The van der Waals surface area contributed by atoms with Gasteiger partial charge < -0.3 is 15.7 Å². The summed E-state index contributed by atoms with van der Waals surface area (Å²) < 4.78 is 1.74. The first-order chi connectivity index (χ1) is 9.44. The molecule has 0 saturated heterocycles. The van der Waals surface area contributed by atoms with Gasteiger partial charge in [-0.25, -0.2) is 4.79 Å². The van der Waals surface area contributed by atoms with Crippen LogP contribution in [0.3, 0.4) is 0 Å². The summed E-state index contributed by atoms with van der Waals surface area (Å²) >= 11 is 0. The molecule has 2 rings (SSSR count). The zero-order valence-electron chi connectivity index (χ0n) is 11.8. The van der Waals surface area contributed by atoms with Crippen molar-refractivity contribution in [1.29, 1.82) is 0 Å². The van der Waals surface area contributed by atoms with Crippen LogP contribution in [0.15, 0.2) is 6.20 Å². The molecule has 1 aliphatic carbocycles. The molecule has 7 nitrogen and oxygen atoms in total. The molecule has 1 heterocycles. The van der Waals surface area contributed by atoms with Crippen LogP contribution in [0.4, 0.5) is 4.79 Å². The van der Waals surface area contributed by atoms with E-state index in [1.807, 2.05) is 14.0 Å². The molecule has 3 N–H and O–H groups in total. The summed E-state index contributed by atoms with van der Waals surface area (Å²) in [6, 6.07) is -0.347. The van der Waals surface area contributed by atoms with Crippen molar-refractivity contribution in [2.24, 2.45) is 12.5 Å². The average molecular weight is 280 g/mol. The molecule has 1 aliphatic rings. The van der Waals surface area contributed by atoms with E-state index in [0.29, 0.717) is 19.4 Å². The van der Waals surface area contributed by atoms with E-state index in [4.69, 9.17) is 5.11 Å². The predicted molar refractivity (Wildman–Crippen MR) is 72.1 cm³/mol. The summed E-state index contributed by atoms with van der Waals surface area (Å²) in [6.45, 7) is 2.49. The summed E-state index contributed by atoms with van der Waals surface area (Å²) in [5, 5.41) is 18.6. The number of aliphatic carboxylic acids is 1. The van der Waals surface area contributed by atoms with Crippen molar-refractivity contribution < 1.29 is 14.7 Å². The molecule has 0 unspecified atom stereocenters. The highest BCUT2D eigenvalue weighted by Gasteiger charge is 2.44. The number of carbonyl (C=O) groups excluding carboxylic acids is 1. The van der Waals surface area contributed by atoms with Crippen LogP contribution >= 0.6 is 0 Å². The number of rotatable bonds is 5. The van der Waals surface area contributed by atoms with Gasteiger partial charge in [-0.05, 0) is 19.8 Å². The molecule has 0 radical (unpaired) electrons. The Labute approximate surface area is 117 Å². The summed E-state index contributed by atoms with van der Waals surface area (Å²) in [6.07, 6.45) is 3.87. The van der Waals surface area contributed by atoms with Crippen molar-refractivity contribution in [3.8, 4) is 0 Å². The highest BCUT2D eigenvalue weighted by atomic mass is 16.4. The Hall–Kier alpha value is -2.05. The molecule has 1 aromatic heterocycles. The number of carboxylic acid groups (broad SMARTS) is 1. The van der Waals surface area contributed by atoms with Crippen LogP contribution in [0.2, 0.25) is 0 Å². The first kappa shape index (κ1) is 14.4. The Kier molecular flexibility index (Phi) is 3.96. The summed E-state index contributed by atoms with van der Waals surface area (Å²) in [7, 11) is 1.84. The SMILES string of the molecule is Cc1c(CNC(=O)NCC2(C(=O)O)CCC2)cnn1C. The van der Waals surface area contributed by atoms with E-state index in [2.05, 4.69) is 15.7 Å². The maximum atomic E-state index is 11.7. The smallest absolute Gasteiger partial charge is 0.315 e. The molecule has 7 heteroatoms. The molecule has 1 fully saturated rings. The molecule has 20 heavy (non-hydrogen) atoms. The highest BCUT2D eigenvalue weighted by molar-refractivity contribution is 5.78. The van der Waals surface area contributed by atoms with Crippen molar-refractivity contribution in [2.45, 2.75) is 32.7 Å². The second kappa shape index (κ2) is 5.52. The van der Waals surface area contributed by atoms with E-state index in [0.717, 1.165) is 17.7 Å². The second-order valence-electron chi connectivity index (χ2n) is 5.35. The highest BCUT2D eigenvalue weighted by Crippen LogP contribution is 2.40. The normalized spacial score (nSPS) is 16.3. The standard InChI is InChI=1S/C13H20N4O3/c1-9-10(7-16-17(9)2)6-14-12(20)15-8-13(11(18)19)4-3-5-13/h7H,3-6,8H2,1-2H3,(H,18,19)(H2,14,15,20). The zero-order valence-corrected chi connectivity index (χ0v) is 11.8. The lowest BCUT2D eigenvalue weighted by Crippen LogP contribution is -2.49. The largest absolute Gasteiger partial charge is 0.481 e. The Morgan fingerprint density at radius 2 is 2.15 bits per heavy atom. The number of amides is 2. The van der Waals surface area contributed by atoms with Crippen LogP contribution in [-0.2, 0) is 18.4 Å². The van der Waals surface area contributed by atoms with Gasteiger partial charge in [0.05, 0.1) is 11.6 Å².